The third-order valence-corrected chi connectivity index (χ3v) is 5.64. The Labute approximate surface area is 117 Å². The molecule has 1 aliphatic rings. The predicted octanol–water partition coefficient (Wildman–Crippen LogP) is 4.11. The molecule has 0 spiro atoms. The molecule has 1 fully saturated rings. The van der Waals surface area contributed by atoms with Crippen molar-refractivity contribution in [2.24, 2.45) is 16.7 Å². The zero-order valence-electron chi connectivity index (χ0n) is 12.7. The smallest absolute Gasteiger partial charge is 0.138 e. The molecule has 106 valence electrons. The van der Waals surface area contributed by atoms with E-state index >= 15 is 0 Å². The fourth-order valence-electron chi connectivity index (χ4n) is 3.14. The van der Waals surface area contributed by atoms with Crippen LogP contribution in [0.2, 0.25) is 0 Å². The van der Waals surface area contributed by atoms with Crippen LogP contribution in [0.4, 0.5) is 0 Å². The summed E-state index contributed by atoms with van der Waals surface area (Å²) >= 11 is 0. The molecule has 1 heterocycles. The molecule has 1 rings (SSSR count). The first-order chi connectivity index (χ1) is 8.09. The van der Waals surface area contributed by atoms with E-state index in [1.807, 2.05) is 0 Å². The highest BCUT2D eigenvalue weighted by Crippen LogP contribution is 2.47. The van der Waals surface area contributed by atoms with Crippen molar-refractivity contribution < 1.29 is 4.79 Å². The van der Waals surface area contributed by atoms with E-state index in [1.54, 1.807) is 0 Å². The van der Waals surface area contributed by atoms with Gasteiger partial charge in [0.1, 0.15) is 5.78 Å². The lowest BCUT2D eigenvalue weighted by Gasteiger charge is -2.46. The van der Waals surface area contributed by atoms with Gasteiger partial charge in [-0.1, -0.05) is 50.5 Å². The molecule has 0 aromatic heterocycles. The summed E-state index contributed by atoms with van der Waals surface area (Å²) in [6.45, 7) is 14.5. The van der Waals surface area contributed by atoms with Crippen LogP contribution in [0.25, 0.3) is 0 Å². The molecule has 0 amide bonds. The van der Waals surface area contributed by atoms with Crippen LogP contribution >= 0.6 is 17.3 Å². The Hall–Kier alpha value is 0.490. The molecular formula is C14H29NOP2. The van der Waals surface area contributed by atoms with Crippen LogP contribution in [0.1, 0.15) is 54.4 Å². The minimum absolute atomic E-state index is 0.0436. The Morgan fingerprint density at radius 2 is 1.72 bits per heavy atom. The quantitative estimate of drug-likeness (QED) is 0.677. The second-order valence-electron chi connectivity index (χ2n) is 7.55. The Morgan fingerprint density at radius 1 is 1.17 bits per heavy atom. The molecule has 0 aliphatic carbocycles. The van der Waals surface area contributed by atoms with Crippen LogP contribution in [0.5, 0.6) is 0 Å². The summed E-state index contributed by atoms with van der Waals surface area (Å²) in [4.78, 5) is 12.5. The lowest BCUT2D eigenvalue weighted by Crippen LogP contribution is -2.50. The van der Waals surface area contributed by atoms with Crippen LogP contribution < -0.4 is 0 Å². The molecule has 0 aromatic carbocycles. The molecule has 4 heteroatoms. The maximum atomic E-state index is 12.5. The highest BCUT2D eigenvalue weighted by Gasteiger charge is 2.46. The summed E-state index contributed by atoms with van der Waals surface area (Å²) in [5.41, 5.74) is 0.184. The number of ketones is 1. The number of carbonyl (C=O) groups excluding carboxylic acids is 1. The van der Waals surface area contributed by atoms with E-state index in [4.69, 9.17) is 0 Å². The van der Waals surface area contributed by atoms with Gasteiger partial charge in [-0.3, -0.25) is 9.46 Å². The van der Waals surface area contributed by atoms with Gasteiger partial charge in [-0.05, 0) is 25.7 Å². The fraction of sp³-hybridized carbons (Fsp3) is 0.929. The molecule has 0 bridgehead atoms. The predicted molar refractivity (Wildman–Crippen MR) is 85.2 cm³/mol. The average Bonchev–Trinajstić information content (AvgIpc) is 2.34. The third-order valence-electron chi connectivity index (χ3n) is 3.81. The van der Waals surface area contributed by atoms with Gasteiger partial charge in [0.25, 0.3) is 0 Å². The van der Waals surface area contributed by atoms with Crippen molar-refractivity contribution in [2.75, 3.05) is 6.54 Å². The van der Waals surface area contributed by atoms with Gasteiger partial charge in [0.05, 0.1) is 0 Å². The van der Waals surface area contributed by atoms with Crippen molar-refractivity contribution >= 4 is 23.1 Å². The number of rotatable bonds is 1. The van der Waals surface area contributed by atoms with Crippen molar-refractivity contribution in [3.8, 4) is 0 Å². The minimum Gasteiger partial charge on any atom is -0.299 e. The molecule has 1 aliphatic heterocycles. The summed E-state index contributed by atoms with van der Waals surface area (Å²) in [6, 6.07) is 0.350. The van der Waals surface area contributed by atoms with Gasteiger partial charge >= 0.3 is 0 Å². The lowest BCUT2D eigenvalue weighted by atomic mass is 9.66. The maximum Gasteiger partial charge on any atom is 0.138 e. The normalized spacial score (nSPS) is 28.9. The topological polar surface area (TPSA) is 20.3 Å². The Kier molecular flexibility index (Phi) is 5.39. The van der Waals surface area contributed by atoms with Gasteiger partial charge in [0.15, 0.2) is 0 Å². The van der Waals surface area contributed by atoms with Crippen LogP contribution in [-0.2, 0) is 4.79 Å². The third kappa shape index (κ3) is 3.75. The maximum absolute atomic E-state index is 12.5. The fourth-order valence-corrected chi connectivity index (χ4v) is 5.00. The Balaban J connectivity index is 3.22. The first-order valence-corrected chi connectivity index (χ1v) is 9.60. The highest BCUT2D eigenvalue weighted by atomic mass is 32.0. The monoisotopic (exact) mass is 289 g/mol. The zero-order chi connectivity index (χ0) is 14.1. The van der Waals surface area contributed by atoms with Crippen molar-refractivity contribution in [1.82, 2.24) is 4.67 Å². The molecule has 0 saturated carbocycles. The van der Waals surface area contributed by atoms with Crippen LogP contribution in [0, 0.1) is 16.7 Å². The van der Waals surface area contributed by atoms with E-state index in [-0.39, 0.29) is 16.7 Å². The Bertz CT molecular complexity index is 304. The number of hydrogen-bond donors (Lipinski definition) is 0. The van der Waals surface area contributed by atoms with Crippen LogP contribution in [0.15, 0.2) is 0 Å². The van der Waals surface area contributed by atoms with Gasteiger partial charge in [0, 0.05) is 24.9 Å². The summed E-state index contributed by atoms with van der Waals surface area (Å²) in [5.74, 6) is 0.612. The summed E-state index contributed by atoms with van der Waals surface area (Å²) in [6.07, 6.45) is 1.76. The molecule has 4 atom stereocenters. The van der Waals surface area contributed by atoms with Crippen molar-refractivity contribution in [3.63, 3.8) is 0 Å². The van der Waals surface area contributed by atoms with E-state index in [0.29, 0.717) is 20.2 Å². The summed E-state index contributed by atoms with van der Waals surface area (Å²) in [7, 11) is 3.57. The van der Waals surface area contributed by atoms with Gasteiger partial charge < -0.3 is 0 Å². The Morgan fingerprint density at radius 3 is 2.11 bits per heavy atom. The molecule has 0 radical (unpaired) electrons. The number of nitrogens with zero attached hydrogens (tertiary/aromatic N) is 1. The average molecular weight is 289 g/mol. The molecule has 4 unspecified atom stereocenters. The minimum atomic E-state index is 0.0436. The van der Waals surface area contributed by atoms with Crippen LogP contribution in [0.3, 0.4) is 0 Å². The van der Waals surface area contributed by atoms with Crippen molar-refractivity contribution in [2.45, 2.75) is 60.4 Å². The molecular weight excluding hydrogens is 260 g/mol. The number of Topliss-reactive ketones (excluding diaryl/α,β-unsaturated/α-hetero) is 1. The molecule has 2 nitrogen and oxygen atoms in total. The molecule has 18 heavy (non-hydrogen) atoms. The lowest BCUT2D eigenvalue weighted by molar-refractivity contribution is -0.129. The van der Waals surface area contributed by atoms with Gasteiger partial charge in [-0.15, -0.1) is 0 Å². The molecule has 0 aromatic rings. The zero-order valence-corrected chi connectivity index (χ0v) is 14.9. The molecule has 1 saturated heterocycles. The largest absolute Gasteiger partial charge is 0.299 e. The first-order valence-electron chi connectivity index (χ1n) is 6.84. The number of hydrogen-bond acceptors (Lipinski definition) is 2. The first kappa shape index (κ1) is 16.5. The van der Waals surface area contributed by atoms with Crippen molar-refractivity contribution in [3.05, 3.63) is 0 Å². The van der Waals surface area contributed by atoms with E-state index in [2.05, 4.69) is 55.1 Å². The van der Waals surface area contributed by atoms with Gasteiger partial charge in [-0.25, -0.2) is 0 Å². The standard InChI is InChI=1S/C14H29NOP2/c1-13(2,3)11-10(16)8-7-9-15(18-17)12(11)14(4,5)6/h11-12,18H,7-9,17H2,1-6H3. The van der Waals surface area contributed by atoms with E-state index in [0.717, 1.165) is 19.4 Å². The van der Waals surface area contributed by atoms with Crippen LogP contribution in [-0.4, -0.2) is 23.0 Å². The second kappa shape index (κ2) is 5.86. The van der Waals surface area contributed by atoms with E-state index < -0.39 is 0 Å². The summed E-state index contributed by atoms with van der Waals surface area (Å²) in [5, 5.41) is 0. The van der Waals surface area contributed by atoms with Gasteiger partial charge in [0.2, 0.25) is 0 Å². The highest BCUT2D eigenvalue weighted by molar-refractivity contribution is 8.01. The number of carbonyl (C=O) groups is 1. The second-order valence-corrected chi connectivity index (χ2v) is 9.15. The summed E-state index contributed by atoms with van der Waals surface area (Å²) < 4.78 is 2.52. The van der Waals surface area contributed by atoms with E-state index in [1.165, 1.54) is 0 Å². The van der Waals surface area contributed by atoms with E-state index in [9.17, 15) is 4.79 Å². The van der Waals surface area contributed by atoms with Gasteiger partial charge in [-0.2, -0.15) is 0 Å². The SMILES string of the molecule is CC(C)(C)C1C(=O)CCCN(PP)C1C(C)(C)C. The van der Waals surface area contributed by atoms with Crippen molar-refractivity contribution in [1.29, 1.82) is 0 Å². The molecule has 0 N–H and O–H groups in total.